The van der Waals surface area contributed by atoms with Crippen molar-refractivity contribution in [3.05, 3.63) is 29.6 Å². The fourth-order valence-electron chi connectivity index (χ4n) is 3.11. The lowest BCUT2D eigenvalue weighted by Gasteiger charge is -2.44. The predicted molar refractivity (Wildman–Crippen MR) is 96.4 cm³/mol. The molecule has 0 atom stereocenters. The number of nitrogens with two attached hydrogens (primary N) is 2. The number of amides is 1. The standard InChI is InChI=1S/C17H19F3N6O3/c18-17(19,20)2-1-3-28-14-23-7-11(8-24-14)16-5-10(6-16)4-12(26-16)9-29-15(27)25-13(21)22/h4,7-8H,1-3,5-6,9H2,(H4,21,22,25,27). The maximum atomic E-state index is 12.1. The molecule has 1 amide bonds. The van der Waals surface area contributed by atoms with Gasteiger partial charge in [0.1, 0.15) is 6.61 Å². The summed E-state index contributed by atoms with van der Waals surface area (Å²) >= 11 is 0. The zero-order valence-corrected chi connectivity index (χ0v) is 15.3. The molecular weight excluding hydrogens is 393 g/mol. The normalized spacial score (nSPS) is 16.8. The molecule has 2 bridgehead atoms. The lowest BCUT2D eigenvalue weighted by atomic mass is 9.67. The van der Waals surface area contributed by atoms with Gasteiger partial charge in [-0.15, -0.1) is 4.99 Å². The lowest BCUT2D eigenvalue weighted by molar-refractivity contribution is -0.136. The molecule has 0 unspecified atom stereocenters. The molecule has 0 spiro atoms. The molecule has 9 nitrogen and oxygen atoms in total. The summed E-state index contributed by atoms with van der Waals surface area (Å²) in [7, 11) is 0. The molecule has 0 aromatic carbocycles. The van der Waals surface area contributed by atoms with Gasteiger partial charge in [-0.1, -0.05) is 5.57 Å². The number of carbonyl (C=O) groups excluding carboxylic acids is 1. The van der Waals surface area contributed by atoms with E-state index in [4.69, 9.17) is 20.9 Å². The van der Waals surface area contributed by atoms with Crippen molar-refractivity contribution in [3.8, 4) is 6.01 Å². The van der Waals surface area contributed by atoms with Crippen LogP contribution in [0.25, 0.3) is 0 Å². The summed E-state index contributed by atoms with van der Waals surface area (Å²) in [5.74, 6) is -0.392. The Morgan fingerprint density at radius 1 is 1.24 bits per heavy atom. The lowest BCUT2D eigenvalue weighted by Crippen LogP contribution is -2.39. The molecule has 3 aliphatic rings. The van der Waals surface area contributed by atoms with Crippen molar-refractivity contribution in [2.24, 2.45) is 21.5 Å². The molecule has 3 heterocycles. The van der Waals surface area contributed by atoms with Crippen molar-refractivity contribution >= 4 is 17.8 Å². The van der Waals surface area contributed by atoms with Gasteiger partial charge >= 0.3 is 18.3 Å². The van der Waals surface area contributed by atoms with Gasteiger partial charge in [0.25, 0.3) is 0 Å². The first kappa shape index (κ1) is 20.6. The monoisotopic (exact) mass is 412 g/mol. The van der Waals surface area contributed by atoms with E-state index in [1.165, 1.54) is 0 Å². The van der Waals surface area contributed by atoms with Crippen LogP contribution < -0.4 is 16.2 Å². The Morgan fingerprint density at radius 2 is 1.93 bits per heavy atom. The van der Waals surface area contributed by atoms with Gasteiger partial charge in [-0.05, 0) is 25.3 Å². The first-order valence-electron chi connectivity index (χ1n) is 8.72. The fourth-order valence-corrected chi connectivity index (χ4v) is 3.11. The minimum atomic E-state index is -4.21. The summed E-state index contributed by atoms with van der Waals surface area (Å²) in [4.78, 5) is 27.4. The third kappa shape index (κ3) is 5.42. The second-order valence-electron chi connectivity index (χ2n) is 6.70. The minimum Gasteiger partial charge on any atom is -0.463 e. The summed E-state index contributed by atoms with van der Waals surface area (Å²) in [5.41, 5.74) is 12.1. The number of fused-ring (bicyclic) bond motifs is 1. The Kier molecular flexibility index (Phi) is 5.71. The Bertz CT molecular complexity index is 852. The third-order valence-corrected chi connectivity index (χ3v) is 4.33. The van der Waals surface area contributed by atoms with Crippen molar-refractivity contribution in [2.75, 3.05) is 13.2 Å². The maximum absolute atomic E-state index is 12.1. The Balaban J connectivity index is 1.57. The molecule has 1 aromatic heterocycles. The van der Waals surface area contributed by atoms with Crippen molar-refractivity contribution in [3.63, 3.8) is 0 Å². The molecule has 0 saturated heterocycles. The minimum absolute atomic E-state index is 0.00795. The van der Waals surface area contributed by atoms with Crippen LogP contribution >= 0.6 is 0 Å². The van der Waals surface area contributed by atoms with Crippen LogP contribution in [0.1, 0.15) is 31.2 Å². The van der Waals surface area contributed by atoms with Gasteiger partial charge in [0.05, 0.1) is 17.9 Å². The third-order valence-electron chi connectivity index (χ3n) is 4.33. The van der Waals surface area contributed by atoms with Gasteiger partial charge in [0, 0.05) is 24.4 Å². The number of alkyl halides is 3. The maximum Gasteiger partial charge on any atom is 0.437 e. The van der Waals surface area contributed by atoms with Crippen LogP contribution in [-0.2, 0) is 10.3 Å². The number of hydrogen-bond donors (Lipinski definition) is 2. The Morgan fingerprint density at radius 3 is 2.55 bits per heavy atom. The summed E-state index contributed by atoms with van der Waals surface area (Å²) in [5, 5.41) is 0. The molecule has 29 heavy (non-hydrogen) atoms. The second kappa shape index (κ2) is 8.05. The average Bonchev–Trinajstić information content (AvgIpc) is 2.62. The number of rotatable bonds is 7. The van der Waals surface area contributed by atoms with Gasteiger partial charge in [-0.3, -0.25) is 4.99 Å². The van der Waals surface area contributed by atoms with E-state index in [1.54, 1.807) is 12.4 Å². The molecule has 4 N–H and O–H groups in total. The average molecular weight is 412 g/mol. The molecule has 4 rings (SSSR count). The Labute approximate surface area is 163 Å². The summed E-state index contributed by atoms with van der Waals surface area (Å²) in [6.45, 7) is -0.206. The number of nitrogens with zero attached hydrogens (tertiary/aromatic N) is 4. The van der Waals surface area contributed by atoms with Crippen LogP contribution in [0.15, 0.2) is 34.0 Å². The van der Waals surface area contributed by atoms with E-state index >= 15 is 0 Å². The SMILES string of the molecule is NC(N)=NC(=O)OCC1=NC2(c3cnc(OCCCC(F)(F)F)nc3)CC(=C1)C2. The first-order valence-corrected chi connectivity index (χ1v) is 8.72. The molecule has 1 aromatic rings. The number of hydrogen-bond acceptors (Lipinski definition) is 6. The van der Waals surface area contributed by atoms with E-state index in [1.807, 2.05) is 6.08 Å². The summed E-state index contributed by atoms with van der Waals surface area (Å²) < 4.78 is 46.5. The van der Waals surface area contributed by atoms with Crippen molar-refractivity contribution in [1.82, 2.24) is 9.97 Å². The van der Waals surface area contributed by atoms with Gasteiger partial charge in [-0.2, -0.15) is 13.2 Å². The molecule has 2 aliphatic heterocycles. The van der Waals surface area contributed by atoms with E-state index in [-0.39, 0.29) is 25.6 Å². The van der Waals surface area contributed by atoms with Crippen molar-refractivity contribution in [2.45, 2.75) is 37.4 Å². The topological polar surface area (TPSA) is 138 Å². The molecule has 1 aliphatic carbocycles. The smallest absolute Gasteiger partial charge is 0.437 e. The van der Waals surface area contributed by atoms with Crippen molar-refractivity contribution < 1.29 is 27.4 Å². The number of guanidine groups is 1. The van der Waals surface area contributed by atoms with Crippen LogP contribution in [0.4, 0.5) is 18.0 Å². The zero-order valence-electron chi connectivity index (χ0n) is 15.3. The largest absolute Gasteiger partial charge is 0.463 e. The van der Waals surface area contributed by atoms with Gasteiger partial charge in [-0.25, -0.2) is 14.8 Å². The summed E-state index contributed by atoms with van der Waals surface area (Å²) in [6.07, 6.45) is 0.103. The highest BCUT2D eigenvalue weighted by molar-refractivity contribution is 6.00. The van der Waals surface area contributed by atoms with Gasteiger partial charge in [0.2, 0.25) is 0 Å². The fraction of sp³-hybridized carbons (Fsp3) is 0.471. The Hall–Kier alpha value is -3.18. The highest BCUT2D eigenvalue weighted by Gasteiger charge is 2.45. The van der Waals surface area contributed by atoms with Crippen LogP contribution in [0, 0.1) is 0 Å². The molecule has 1 fully saturated rings. The second-order valence-corrected chi connectivity index (χ2v) is 6.70. The summed E-state index contributed by atoms with van der Waals surface area (Å²) in [6, 6.07) is 0.00795. The molecule has 12 heteroatoms. The quantitative estimate of drug-likeness (QED) is 0.397. The number of carbonyl (C=O) groups is 1. The van der Waals surface area contributed by atoms with E-state index in [9.17, 15) is 18.0 Å². The van der Waals surface area contributed by atoms with E-state index in [0.29, 0.717) is 18.6 Å². The van der Waals surface area contributed by atoms with Crippen LogP contribution in [0.2, 0.25) is 0 Å². The highest BCUT2D eigenvalue weighted by atomic mass is 19.4. The van der Waals surface area contributed by atoms with Crippen LogP contribution in [-0.4, -0.2) is 47.1 Å². The molecular formula is C17H19F3N6O3. The van der Waals surface area contributed by atoms with Crippen molar-refractivity contribution in [1.29, 1.82) is 0 Å². The molecule has 156 valence electrons. The number of dihydropyridines is 1. The van der Waals surface area contributed by atoms with Gasteiger partial charge in [0.15, 0.2) is 5.96 Å². The molecule has 1 saturated carbocycles. The first-order chi connectivity index (χ1) is 13.7. The van der Waals surface area contributed by atoms with Crippen LogP contribution in [0.5, 0.6) is 6.01 Å². The number of halogens is 3. The molecule has 0 radical (unpaired) electrons. The number of aromatic nitrogens is 2. The van der Waals surface area contributed by atoms with E-state index in [0.717, 1.165) is 11.1 Å². The zero-order chi connectivity index (χ0) is 21.1. The van der Waals surface area contributed by atoms with Crippen LogP contribution in [0.3, 0.4) is 0 Å². The number of ether oxygens (including phenoxy) is 2. The predicted octanol–water partition coefficient (Wildman–Crippen LogP) is 1.98. The van der Waals surface area contributed by atoms with E-state index in [2.05, 4.69) is 20.0 Å². The highest BCUT2D eigenvalue weighted by Crippen LogP contribution is 2.51. The number of aliphatic imine (C=N–C) groups is 2. The van der Waals surface area contributed by atoms with E-state index < -0.39 is 30.2 Å². The van der Waals surface area contributed by atoms with Gasteiger partial charge < -0.3 is 20.9 Å².